The number of carbonyl (C=O) groups excluding carboxylic acids is 1. The van der Waals surface area contributed by atoms with Gasteiger partial charge in [0.25, 0.3) is 0 Å². The fraction of sp³-hybridized carbons (Fsp3) is 0.667. The Balaban J connectivity index is 1.89. The van der Waals surface area contributed by atoms with E-state index in [0.717, 1.165) is 12.8 Å². The van der Waals surface area contributed by atoms with E-state index in [0.29, 0.717) is 6.42 Å². The Morgan fingerprint density at radius 2 is 2.16 bits per heavy atom. The van der Waals surface area contributed by atoms with Crippen LogP contribution in [0.5, 0.6) is 0 Å². The summed E-state index contributed by atoms with van der Waals surface area (Å²) in [6, 6.07) is 4.22. The van der Waals surface area contributed by atoms with E-state index >= 15 is 0 Å². The average molecular weight is 280 g/mol. The maximum atomic E-state index is 12.2. The zero-order valence-corrected chi connectivity index (χ0v) is 12.7. The van der Waals surface area contributed by atoms with Crippen LogP contribution in [0.1, 0.15) is 56.4 Å². The molecule has 0 unspecified atom stereocenters. The molecule has 1 heterocycles. The smallest absolute Gasteiger partial charge is 0.222 e. The van der Waals surface area contributed by atoms with E-state index in [4.69, 9.17) is 0 Å². The predicted molar refractivity (Wildman–Crippen MR) is 80.4 cm³/mol. The normalized spacial score (nSPS) is 19.9. The third-order valence-electron chi connectivity index (χ3n) is 4.19. The molecule has 19 heavy (non-hydrogen) atoms. The van der Waals surface area contributed by atoms with E-state index in [1.807, 2.05) is 18.5 Å². The summed E-state index contributed by atoms with van der Waals surface area (Å²) in [4.78, 5) is 13.5. The highest BCUT2D eigenvalue weighted by Gasteiger charge is 2.32. The first-order chi connectivity index (χ1) is 9.15. The highest BCUT2D eigenvalue weighted by Crippen LogP contribution is 2.31. The third-order valence-corrected chi connectivity index (χ3v) is 5.24. The van der Waals surface area contributed by atoms with Gasteiger partial charge < -0.3 is 10.6 Å². The molecule has 0 radical (unpaired) electrons. The van der Waals surface area contributed by atoms with E-state index in [-0.39, 0.29) is 17.5 Å². The first-order valence-electron chi connectivity index (χ1n) is 7.17. The molecule has 1 fully saturated rings. The highest BCUT2D eigenvalue weighted by molar-refractivity contribution is 7.10. The molecule has 1 aliphatic carbocycles. The Bertz CT molecular complexity index is 396. The number of hydrogen-bond donors (Lipinski definition) is 2. The van der Waals surface area contributed by atoms with Crippen LogP contribution in [0.25, 0.3) is 0 Å². The molecule has 1 saturated carbocycles. The van der Waals surface area contributed by atoms with Crippen LogP contribution < -0.4 is 10.6 Å². The fourth-order valence-corrected chi connectivity index (χ4v) is 3.69. The lowest BCUT2D eigenvalue weighted by Gasteiger charge is -2.37. The Kier molecular flexibility index (Phi) is 4.99. The van der Waals surface area contributed by atoms with Gasteiger partial charge in [0.15, 0.2) is 0 Å². The lowest BCUT2D eigenvalue weighted by molar-refractivity contribution is -0.123. The molecule has 1 amide bonds. The van der Waals surface area contributed by atoms with E-state index in [1.54, 1.807) is 11.3 Å². The molecule has 1 aromatic rings. The van der Waals surface area contributed by atoms with E-state index < -0.39 is 0 Å². The summed E-state index contributed by atoms with van der Waals surface area (Å²) in [5.74, 6) is 0.164. The summed E-state index contributed by atoms with van der Waals surface area (Å²) in [5.41, 5.74) is 0.0253. The molecule has 2 rings (SSSR count). The Hall–Kier alpha value is -0.870. The minimum Gasteiger partial charge on any atom is -0.349 e. The monoisotopic (exact) mass is 280 g/mol. The van der Waals surface area contributed by atoms with Crippen molar-refractivity contribution in [3.05, 3.63) is 22.4 Å². The molecule has 0 spiro atoms. The molecule has 0 aromatic carbocycles. The van der Waals surface area contributed by atoms with Crippen molar-refractivity contribution < 1.29 is 4.79 Å². The molecule has 106 valence electrons. The summed E-state index contributed by atoms with van der Waals surface area (Å²) >= 11 is 1.69. The third kappa shape index (κ3) is 3.80. The summed E-state index contributed by atoms with van der Waals surface area (Å²) in [7, 11) is 1.99. The van der Waals surface area contributed by atoms with Gasteiger partial charge in [0.2, 0.25) is 5.91 Å². The quantitative estimate of drug-likeness (QED) is 0.869. The highest BCUT2D eigenvalue weighted by atomic mass is 32.1. The first kappa shape index (κ1) is 14.5. The second kappa shape index (κ2) is 6.53. The lowest BCUT2D eigenvalue weighted by atomic mass is 9.79. The van der Waals surface area contributed by atoms with Gasteiger partial charge in [-0.05, 0) is 38.3 Å². The van der Waals surface area contributed by atoms with Gasteiger partial charge in [-0.25, -0.2) is 0 Å². The van der Waals surface area contributed by atoms with Crippen molar-refractivity contribution >= 4 is 17.2 Å². The zero-order chi connectivity index (χ0) is 13.7. The number of rotatable bonds is 5. The maximum Gasteiger partial charge on any atom is 0.222 e. The molecule has 1 aromatic heterocycles. The van der Waals surface area contributed by atoms with Crippen molar-refractivity contribution in [1.82, 2.24) is 10.6 Å². The van der Waals surface area contributed by atoms with Gasteiger partial charge in [0.1, 0.15) is 0 Å². The van der Waals surface area contributed by atoms with Crippen LogP contribution in [0.3, 0.4) is 0 Å². The van der Waals surface area contributed by atoms with Gasteiger partial charge in [-0.15, -0.1) is 11.3 Å². The lowest BCUT2D eigenvalue weighted by Crippen LogP contribution is -2.48. The molecule has 4 heteroatoms. The van der Waals surface area contributed by atoms with E-state index in [1.165, 1.54) is 24.1 Å². The standard InChI is InChI=1S/C15H24N2OS/c1-12(13-7-6-10-19-13)17-14(18)11-15(16-2)8-4-3-5-9-15/h6-7,10,12,16H,3-5,8-9,11H2,1-2H3,(H,17,18)/t12-/m0/s1. The molecular weight excluding hydrogens is 256 g/mol. The van der Waals surface area contributed by atoms with Gasteiger partial charge in [-0.3, -0.25) is 4.79 Å². The van der Waals surface area contributed by atoms with Crippen LogP contribution in [-0.4, -0.2) is 18.5 Å². The van der Waals surface area contributed by atoms with Crippen molar-refractivity contribution in [3.8, 4) is 0 Å². The number of hydrogen-bond acceptors (Lipinski definition) is 3. The topological polar surface area (TPSA) is 41.1 Å². The van der Waals surface area contributed by atoms with Crippen LogP contribution in [-0.2, 0) is 4.79 Å². The van der Waals surface area contributed by atoms with Gasteiger partial charge in [0.05, 0.1) is 6.04 Å². The van der Waals surface area contributed by atoms with Crippen molar-refractivity contribution in [3.63, 3.8) is 0 Å². The average Bonchev–Trinajstić information content (AvgIpc) is 2.93. The molecule has 1 aliphatic rings. The minimum atomic E-state index is 0.0253. The number of amides is 1. The predicted octanol–water partition coefficient (Wildman–Crippen LogP) is 3.24. The second-order valence-corrected chi connectivity index (χ2v) is 6.55. The zero-order valence-electron chi connectivity index (χ0n) is 11.9. The molecule has 0 aliphatic heterocycles. The second-order valence-electron chi connectivity index (χ2n) is 5.57. The van der Waals surface area contributed by atoms with Crippen molar-refractivity contribution in [2.75, 3.05) is 7.05 Å². The van der Waals surface area contributed by atoms with Crippen molar-refractivity contribution in [2.24, 2.45) is 0 Å². The molecule has 0 saturated heterocycles. The van der Waals surface area contributed by atoms with E-state index in [2.05, 4.69) is 23.6 Å². The van der Waals surface area contributed by atoms with Crippen molar-refractivity contribution in [2.45, 2.75) is 57.0 Å². The van der Waals surface area contributed by atoms with Gasteiger partial charge in [0, 0.05) is 16.8 Å². The maximum absolute atomic E-state index is 12.2. The molecule has 1 atom stereocenters. The molecule has 3 nitrogen and oxygen atoms in total. The Morgan fingerprint density at radius 3 is 2.74 bits per heavy atom. The summed E-state index contributed by atoms with van der Waals surface area (Å²) in [6.45, 7) is 2.05. The minimum absolute atomic E-state index is 0.0253. The Labute approximate surface area is 119 Å². The molecular formula is C15H24N2OS. The Morgan fingerprint density at radius 1 is 1.42 bits per heavy atom. The summed E-state index contributed by atoms with van der Waals surface area (Å²) in [5, 5.41) is 8.57. The largest absolute Gasteiger partial charge is 0.349 e. The van der Waals surface area contributed by atoms with Crippen LogP contribution in [0, 0.1) is 0 Å². The molecule has 2 N–H and O–H groups in total. The summed E-state index contributed by atoms with van der Waals surface area (Å²) < 4.78 is 0. The molecule has 0 bridgehead atoms. The number of carbonyl (C=O) groups is 1. The SMILES string of the molecule is CNC1(CC(=O)N[C@@H](C)c2cccs2)CCCCC1. The van der Waals surface area contributed by atoms with Gasteiger partial charge in [-0.1, -0.05) is 25.3 Å². The van der Waals surface area contributed by atoms with Crippen LogP contribution in [0.2, 0.25) is 0 Å². The van der Waals surface area contributed by atoms with Crippen LogP contribution in [0.15, 0.2) is 17.5 Å². The first-order valence-corrected chi connectivity index (χ1v) is 8.05. The van der Waals surface area contributed by atoms with Crippen LogP contribution >= 0.6 is 11.3 Å². The van der Waals surface area contributed by atoms with E-state index in [9.17, 15) is 4.79 Å². The summed E-state index contributed by atoms with van der Waals surface area (Å²) in [6.07, 6.45) is 6.59. The van der Waals surface area contributed by atoms with Gasteiger partial charge in [-0.2, -0.15) is 0 Å². The fourth-order valence-electron chi connectivity index (χ4n) is 2.95. The number of thiophene rings is 1. The van der Waals surface area contributed by atoms with Crippen molar-refractivity contribution in [1.29, 1.82) is 0 Å². The van der Waals surface area contributed by atoms with Crippen LogP contribution in [0.4, 0.5) is 0 Å². The van der Waals surface area contributed by atoms with Gasteiger partial charge >= 0.3 is 0 Å². The number of nitrogens with one attached hydrogen (secondary N) is 2.